The van der Waals surface area contributed by atoms with E-state index in [0.717, 1.165) is 14.9 Å². The number of aromatic nitrogens is 2. The van der Waals surface area contributed by atoms with Gasteiger partial charge in [-0.2, -0.15) is 0 Å². The van der Waals surface area contributed by atoms with Crippen LogP contribution in [0, 0.1) is 6.92 Å². The highest BCUT2D eigenvalue weighted by Gasteiger charge is 2.33. The molecule has 1 atom stereocenters. The number of rotatable bonds is 6. The van der Waals surface area contributed by atoms with Crippen molar-refractivity contribution in [1.29, 1.82) is 0 Å². The van der Waals surface area contributed by atoms with Crippen LogP contribution in [-0.4, -0.2) is 34.6 Å². The van der Waals surface area contributed by atoms with Gasteiger partial charge in [0.05, 0.1) is 18.2 Å². The van der Waals surface area contributed by atoms with Gasteiger partial charge < -0.3 is 15.4 Å². The molecule has 27 heavy (non-hydrogen) atoms. The SMILES string of the molecule is CCOC(=O)C1=C(CSc2nnc(C)s2)NC(=O)NC1c1ccc(Cl)cc1. The first-order chi connectivity index (χ1) is 13.0. The molecule has 142 valence electrons. The van der Waals surface area contributed by atoms with Crippen LogP contribution >= 0.6 is 34.7 Å². The van der Waals surface area contributed by atoms with E-state index >= 15 is 0 Å². The van der Waals surface area contributed by atoms with E-state index in [0.29, 0.717) is 22.0 Å². The molecule has 2 N–H and O–H groups in total. The van der Waals surface area contributed by atoms with Crippen LogP contribution in [0.15, 0.2) is 39.9 Å². The first kappa shape index (κ1) is 19.7. The van der Waals surface area contributed by atoms with Crippen LogP contribution in [0.5, 0.6) is 0 Å². The maximum atomic E-state index is 12.6. The lowest BCUT2D eigenvalue weighted by Crippen LogP contribution is -2.46. The summed E-state index contributed by atoms with van der Waals surface area (Å²) in [5.41, 5.74) is 1.61. The number of ether oxygens (including phenoxy) is 1. The van der Waals surface area contributed by atoms with Crippen molar-refractivity contribution < 1.29 is 14.3 Å². The van der Waals surface area contributed by atoms with Crippen LogP contribution in [0.4, 0.5) is 4.79 Å². The molecule has 0 saturated carbocycles. The third-order valence-electron chi connectivity index (χ3n) is 3.70. The number of nitrogens with zero attached hydrogens (tertiary/aromatic N) is 2. The van der Waals surface area contributed by atoms with Crippen molar-refractivity contribution in [3.05, 3.63) is 51.1 Å². The minimum atomic E-state index is -0.623. The molecule has 1 aromatic carbocycles. The molecule has 7 nitrogen and oxygen atoms in total. The highest BCUT2D eigenvalue weighted by Crippen LogP contribution is 2.31. The van der Waals surface area contributed by atoms with Crippen molar-refractivity contribution in [2.24, 2.45) is 0 Å². The maximum absolute atomic E-state index is 12.6. The van der Waals surface area contributed by atoms with Gasteiger partial charge in [0.15, 0.2) is 4.34 Å². The Morgan fingerprint density at radius 1 is 1.33 bits per heavy atom. The van der Waals surface area contributed by atoms with E-state index in [-0.39, 0.29) is 12.6 Å². The lowest BCUT2D eigenvalue weighted by Gasteiger charge is -2.29. The second-order valence-corrected chi connectivity index (χ2v) is 8.41. The van der Waals surface area contributed by atoms with Gasteiger partial charge in [-0.25, -0.2) is 9.59 Å². The number of urea groups is 1. The molecule has 10 heteroatoms. The number of nitrogens with one attached hydrogen (secondary N) is 2. The van der Waals surface area contributed by atoms with Crippen LogP contribution in [0.25, 0.3) is 0 Å². The summed E-state index contributed by atoms with van der Waals surface area (Å²) in [4.78, 5) is 24.8. The average molecular weight is 425 g/mol. The number of halogens is 1. The quantitative estimate of drug-likeness (QED) is 0.544. The number of hydrogen-bond acceptors (Lipinski definition) is 7. The normalized spacial score (nSPS) is 16.7. The fraction of sp³-hybridized carbons (Fsp3) is 0.294. The molecule has 2 amide bonds. The van der Waals surface area contributed by atoms with Crippen molar-refractivity contribution in [2.45, 2.75) is 24.2 Å². The Kier molecular flexibility index (Phi) is 6.35. The van der Waals surface area contributed by atoms with E-state index in [1.165, 1.54) is 23.1 Å². The Morgan fingerprint density at radius 3 is 2.70 bits per heavy atom. The minimum Gasteiger partial charge on any atom is -0.463 e. The van der Waals surface area contributed by atoms with E-state index in [4.69, 9.17) is 16.3 Å². The number of carbonyl (C=O) groups excluding carboxylic acids is 2. The summed E-state index contributed by atoms with van der Waals surface area (Å²) in [6.45, 7) is 3.84. The number of amides is 2. The molecule has 0 spiro atoms. The van der Waals surface area contributed by atoms with Crippen LogP contribution in [0.1, 0.15) is 23.5 Å². The van der Waals surface area contributed by atoms with Gasteiger partial charge >= 0.3 is 12.0 Å². The molecule has 3 rings (SSSR count). The van der Waals surface area contributed by atoms with Crippen molar-refractivity contribution in [3.63, 3.8) is 0 Å². The fourth-order valence-electron chi connectivity index (χ4n) is 2.56. The van der Waals surface area contributed by atoms with Crippen LogP contribution in [-0.2, 0) is 9.53 Å². The molecule has 1 unspecified atom stereocenters. The standard InChI is InChI=1S/C17H17ClN4O3S2/c1-3-25-15(23)13-12(8-26-17-22-21-9(2)27-17)19-16(24)20-14(13)10-4-6-11(18)7-5-10/h4-7,14H,3,8H2,1-2H3,(H2,19,20,24). The maximum Gasteiger partial charge on any atom is 0.338 e. The summed E-state index contributed by atoms with van der Waals surface area (Å²) >= 11 is 8.82. The summed E-state index contributed by atoms with van der Waals surface area (Å²) < 4.78 is 5.99. The van der Waals surface area contributed by atoms with Gasteiger partial charge in [-0.05, 0) is 31.5 Å². The lowest BCUT2D eigenvalue weighted by molar-refractivity contribution is -0.139. The zero-order valence-corrected chi connectivity index (χ0v) is 17.0. The molecule has 1 aromatic heterocycles. The largest absolute Gasteiger partial charge is 0.463 e. The monoisotopic (exact) mass is 424 g/mol. The lowest BCUT2D eigenvalue weighted by atomic mass is 9.95. The van der Waals surface area contributed by atoms with Crippen molar-refractivity contribution in [1.82, 2.24) is 20.8 Å². The van der Waals surface area contributed by atoms with Crippen LogP contribution < -0.4 is 10.6 Å². The number of hydrogen-bond donors (Lipinski definition) is 2. The van der Waals surface area contributed by atoms with E-state index in [1.807, 2.05) is 6.92 Å². The average Bonchev–Trinajstić information content (AvgIpc) is 3.05. The Labute approximate surface area is 169 Å². The molecular formula is C17H17ClN4O3S2. The Balaban J connectivity index is 1.96. The van der Waals surface area contributed by atoms with Crippen molar-refractivity contribution in [3.8, 4) is 0 Å². The van der Waals surface area contributed by atoms with Gasteiger partial charge in [0, 0.05) is 16.5 Å². The summed E-state index contributed by atoms with van der Waals surface area (Å²) in [7, 11) is 0. The van der Waals surface area contributed by atoms with Gasteiger partial charge in [-0.1, -0.05) is 46.8 Å². The number of esters is 1. The highest BCUT2D eigenvalue weighted by molar-refractivity contribution is 8.01. The predicted molar refractivity (Wildman–Crippen MR) is 105 cm³/mol. The highest BCUT2D eigenvalue weighted by atomic mass is 35.5. The second kappa shape index (κ2) is 8.73. The molecule has 0 aliphatic carbocycles. The molecule has 2 heterocycles. The molecule has 0 saturated heterocycles. The zero-order chi connectivity index (χ0) is 19.4. The van der Waals surface area contributed by atoms with Crippen molar-refractivity contribution >= 4 is 46.7 Å². The number of carbonyl (C=O) groups is 2. The first-order valence-corrected chi connectivity index (χ1v) is 10.3. The van der Waals surface area contributed by atoms with Crippen LogP contribution in [0.2, 0.25) is 5.02 Å². The molecule has 1 aliphatic heterocycles. The van der Waals surface area contributed by atoms with Gasteiger partial charge in [-0.3, -0.25) is 0 Å². The summed E-state index contributed by atoms with van der Waals surface area (Å²) in [6, 6.07) is 5.97. The number of benzene rings is 1. The Hall–Kier alpha value is -2.10. The molecule has 0 radical (unpaired) electrons. The molecule has 0 bridgehead atoms. The third-order valence-corrected chi connectivity index (χ3v) is 5.95. The topological polar surface area (TPSA) is 93.2 Å². The minimum absolute atomic E-state index is 0.236. The third kappa shape index (κ3) is 4.79. The molecule has 0 fully saturated rings. The van der Waals surface area contributed by atoms with Gasteiger partial charge in [0.2, 0.25) is 0 Å². The van der Waals surface area contributed by atoms with E-state index in [9.17, 15) is 9.59 Å². The van der Waals surface area contributed by atoms with Gasteiger partial charge in [0.25, 0.3) is 0 Å². The first-order valence-electron chi connectivity index (χ1n) is 8.14. The van der Waals surface area contributed by atoms with Crippen LogP contribution in [0.3, 0.4) is 0 Å². The summed E-state index contributed by atoms with van der Waals surface area (Å²) in [5.74, 6) is -0.116. The number of aryl methyl sites for hydroxylation is 1. The predicted octanol–water partition coefficient (Wildman–Crippen LogP) is 3.46. The van der Waals surface area contributed by atoms with Crippen molar-refractivity contribution in [2.75, 3.05) is 12.4 Å². The smallest absolute Gasteiger partial charge is 0.338 e. The molecular weight excluding hydrogens is 408 g/mol. The summed E-state index contributed by atoms with van der Waals surface area (Å²) in [6.07, 6.45) is 0. The summed E-state index contributed by atoms with van der Waals surface area (Å²) in [5, 5.41) is 15.0. The fourth-order valence-corrected chi connectivity index (χ4v) is 4.47. The van der Waals surface area contributed by atoms with E-state index < -0.39 is 12.0 Å². The number of thioether (sulfide) groups is 1. The molecule has 2 aromatic rings. The zero-order valence-electron chi connectivity index (χ0n) is 14.6. The van der Waals surface area contributed by atoms with E-state index in [1.54, 1.807) is 31.2 Å². The van der Waals surface area contributed by atoms with Gasteiger partial charge in [-0.15, -0.1) is 10.2 Å². The molecule has 1 aliphatic rings. The Morgan fingerprint density at radius 2 is 2.07 bits per heavy atom. The van der Waals surface area contributed by atoms with E-state index in [2.05, 4.69) is 20.8 Å². The second-order valence-electron chi connectivity index (χ2n) is 5.57. The van der Waals surface area contributed by atoms with Gasteiger partial charge in [0.1, 0.15) is 5.01 Å². The Bertz CT molecular complexity index is 883.